The number of carbonyl (C=O) groups excluding carboxylic acids is 1. The van der Waals surface area contributed by atoms with Gasteiger partial charge in [0.15, 0.2) is 18.7 Å². The first-order chi connectivity index (χ1) is 30.1. The monoisotopic (exact) mass is 912 g/mol. The molecule has 3 saturated heterocycles. The SMILES string of the molecule is C=C1CCC2(C(=O)OC3OC(CO)C(O)C(O)C3OC3OCC(O)C(O)C3O)CCC3(C)C(=CCC4C5(C)CCC(OC6OC(CO)C(O)C(O)C6O)C(C)(CO)C5CCC43C)C2C1. The number of aliphatic hydroxyl groups excluding tert-OH is 11. The van der Waals surface area contributed by atoms with E-state index in [-0.39, 0.29) is 40.6 Å². The summed E-state index contributed by atoms with van der Waals surface area (Å²) in [6, 6.07) is 0. The summed E-state index contributed by atoms with van der Waals surface area (Å²) in [7, 11) is 0. The first-order valence-electron chi connectivity index (χ1n) is 23.2. The highest BCUT2D eigenvalue weighted by atomic mass is 16.8. The third kappa shape index (κ3) is 7.40. The lowest BCUT2D eigenvalue weighted by Gasteiger charge is -2.71. The van der Waals surface area contributed by atoms with Gasteiger partial charge in [0.1, 0.15) is 61.0 Å². The van der Waals surface area contributed by atoms with Crippen molar-refractivity contribution in [2.24, 2.45) is 44.8 Å². The third-order valence-electron chi connectivity index (χ3n) is 18.5. The topological polar surface area (TPSA) is 295 Å². The van der Waals surface area contributed by atoms with Crippen LogP contribution >= 0.6 is 0 Å². The van der Waals surface area contributed by atoms with E-state index in [2.05, 4.69) is 33.4 Å². The Morgan fingerprint density at radius 2 is 1.39 bits per heavy atom. The summed E-state index contributed by atoms with van der Waals surface area (Å²) >= 11 is 0. The van der Waals surface area contributed by atoms with E-state index >= 15 is 0 Å². The number of esters is 1. The molecule has 18 nitrogen and oxygen atoms in total. The van der Waals surface area contributed by atoms with Crippen molar-refractivity contribution in [2.75, 3.05) is 26.4 Å². The molecule has 0 aromatic carbocycles. The molecule has 23 unspecified atom stereocenters. The number of carbonyl (C=O) groups is 1. The van der Waals surface area contributed by atoms with E-state index in [0.717, 1.165) is 31.3 Å². The summed E-state index contributed by atoms with van der Waals surface area (Å²) < 4.78 is 35.6. The highest BCUT2D eigenvalue weighted by molar-refractivity contribution is 5.79. The summed E-state index contributed by atoms with van der Waals surface area (Å²) in [5.41, 5.74) is -0.474. The molecule has 7 fully saturated rings. The number of hydrogen-bond donors (Lipinski definition) is 11. The maximum Gasteiger partial charge on any atom is 0.315 e. The maximum atomic E-state index is 15.0. The zero-order chi connectivity index (χ0) is 46.5. The number of aliphatic hydroxyl groups is 11. The van der Waals surface area contributed by atoms with Crippen molar-refractivity contribution in [3.63, 3.8) is 0 Å². The second-order valence-corrected chi connectivity index (χ2v) is 21.4. The Bertz CT molecular complexity index is 1760. The van der Waals surface area contributed by atoms with Gasteiger partial charge in [-0.3, -0.25) is 4.79 Å². The largest absolute Gasteiger partial charge is 0.432 e. The molecule has 8 aliphatic rings. The average molecular weight is 913 g/mol. The number of rotatable bonds is 9. The van der Waals surface area contributed by atoms with Gasteiger partial charge in [-0.15, -0.1) is 0 Å². The second-order valence-electron chi connectivity index (χ2n) is 21.4. The van der Waals surface area contributed by atoms with Crippen LogP contribution in [0.5, 0.6) is 0 Å². The Labute approximate surface area is 373 Å². The van der Waals surface area contributed by atoms with E-state index in [4.69, 9.17) is 28.4 Å². The molecule has 364 valence electrons. The van der Waals surface area contributed by atoms with Crippen molar-refractivity contribution in [3.8, 4) is 0 Å². The fourth-order valence-electron chi connectivity index (χ4n) is 14.3. The summed E-state index contributed by atoms with van der Waals surface area (Å²) in [6.07, 6.45) is -13.5. The van der Waals surface area contributed by atoms with Gasteiger partial charge in [-0.1, -0.05) is 51.5 Å². The molecule has 11 N–H and O–H groups in total. The van der Waals surface area contributed by atoms with Crippen LogP contribution in [0.15, 0.2) is 23.8 Å². The normalized spacial score (nSPS) is 54.1. The smallest absolute Gasteiger partial charge is 0.315 e. The van der Waals surface area contributed by atoms with Crippen molar-refractivity contribution in [1.29, 1.82) is 0 Å². The van der Waals surface area contributed by atoms with Gasteiger partial charge in [-0.2, -0.15) is 0 Å². The van der Waals surface area contributed by atoms with Crippen LogP contribution in [-0.4, -0.2) is 181 Å². The Hall–Kier alpha value is -1.69. The lowest BCUT2D eigenvalue weighted by Crippen LogP contribution is -2.67. The second kappa shape index (κ2) is 17.7. The molecular weight excluding hydrogens is 840 g/mol. The number of ether oxygens (including phenoxy) is 6. The molecule has 0 aromatic rings. The minimum Gasteiger partial charge on any atom is -0.432 e. The molecule has 8 rings (SSSR count). The Balaban J connectivity index is 1.06. The minimum atomic E-state index is -1.77. The molecule has 3 aliphatic heterocycles. The summed E-state index contributed by atoms with van der Waals surface area (Å²) in [6.45, 7) is 11.5. The number of hydrogen-bond acceptors (Lipinski definition) is 18. The molecule has 5 aliphatic carbocycles. The molecule has 0 bridgehead atoms. The highest BCUT2D eigenvalue weighted by Gasteiger charge is 2.70. The van der Waals surface area contributed by atoms with Gasteiger partial charge in [-0.25, -0.2) is 0 Å². The molecule has 0 radical (unpaired) electrons. The molecule has 4 saturated carbocycles. The number of allylic oxidation sites excluding steroid dienone is 3. The van der Waals surface area contributed by atoms with Crippen molar-refractivity contribution in [2.45, 2.75) is 184 Å². The lowest BCUT2D eigenvalue weighted by atomic mass is 9.34. The molecule has 18 heteroatoms. The summed E-state index contributed by atoms with van der Waals surface area (Å²) in [5, 5.41) is 116. The van der Waals surface area contributed by atoms with Crippen LogP contribution in [0, 0.1) is 44.8 Å². The first kappa shape index (κ1) is 48.8. The number of fused-ring (bicyclic) bond motifs is 7. The molecule has 0 amide bonds. The molecule has 0 aromatic heterocycles. The minimum absolute atomic E-state index is 0.00638. The van der Waals surface area contributed by atoms with Gasteiger partial charge in [0, 0.05) is 11.3 Å². The van der Waals surface area contributed by atoms with Crippen LogP contribution in [0.25, 0.3) is 0 Å². The van der Waals surface area contributed by atoms with Gasteiger partial charge >= 0.3 is 5.97 Å². The predicted molar refractivity (Wildman–Crippen MR) is 221 cm³/mol. The maximum absolute atomic E-state index is 15.0. The van der Waals surface area contributed by atoms with Crippen LogP contribution in [0.2, 0.25) is 0 Å². The van der Waals surface area contributed by atoms with Crippen molar-refractivity contribution >= 4 is 5.97 Å². The van der Waals surface area contributed by atoms with E-state index in [1.165, 1.54) is 5.57 Å². The van der Waals surface area contributed by atoms with E-state index in [0.29, 0.717) is 38.5 Å². The van der Waals surface area contributed by atoms with Gasteiger partial charge < -0.3 is 84.6 Å². The Morgan fingerprint density at radius 3 is 2.06 bits per heavy atom. The lowest BCUT2D eigenvalue weighted by molar-refractivity contribution is -0.352. The fourth-order valence-corrected chi connectivity index (χ4v) is 14.3. The quantitative estimate of drug-likeness (QED) is 0.0773. The van der Waals surface area contributed by atoms with Crippen molar-refractivity contribution in [3.05, 3.63) is 23.8 Å². The van der Waals surface area contributed by atoms with Gasteiger partial charge in [0.2, 0.25) is 6.29 Å². The average Bonchev–Trinajstić information content (AvgIpc) is 3.27. The molecular formula is C46H72O18. The first-order valence-corrected chi connectivity index (χ1v) is 23.2. The fraction of sp³-hybridized carbons (Fsp3) is 0.891. The van der Waals surface area contributed by atoms with E-state index in [9.17, 15) is 61.0 Å². The van der Waals surface area contributed by atoms with Crippen LogP contribution < -0.4 is 0 Å². The molecule has 3 heterocycles. The molecule has 23 atom stereocenters. The summed E-state index contributed by atoms with van der Waals surface area (Å²) in [5.74, 6) is -0.715. The van der Waals surface area contributed by atoms with Crippen LogP contribution in [0.4, 0.5) is 0 Å². The molecule has 0 spiro atoms. The zero-order valence-electron chi connectivity index (χ0n) is 37.4. The standard InChI is InChI=1S/C46H72O18/c1-21-8-13-46(41(58)64-40-37(34(55)32(53)26(18-48)61-40)63-38-35(56)30(51)24(50)19-59-38)15-14-44(4)22(23(46)16-21)6-7-28-42(2)11-10-29(43(3,20-49)27(42)9-12-45(28,44)5)62-39-36(57)33(54)31(52)25(17-47)60-39/h6,23-40,47-57H,1,7-20H2,2-5H3. The Kier molecular flexibility index (Phi) is 13.5. The van der Waals surface area contributed by atoms with Crippen molar-refractivity contribution in [1.82, 2.24) is 0 Å². The van der Waals surface area contributed by atoms with Crippen LogP contribution in [-0.2, 0) is 33.2 Å². The third-order valence-corrected chi connectivity index (χ3v) is 18.5. The van der Waals surface area contributed by atoms with E-state index < -0.39 is 129 Å². The van der Waals surface area contributed by atoms with Gasteiger partial charge in [0.25, 0.3) is 0 Å². The molecule has 64 heavy (non-hydrogen) atoms. The summed E-state index contributed by atoms with van der Waals surface area (Å²) in [4.78, 5) is 15.0. The van der Waals surface area contributed by atoms with E-state index in [1.54, 1.807) is 0 Å². The van der Waals surface area contributed by atoms with Crippen molar-refractivity contribution < 1.29 is 89.4 Å². The van der Waals surface area contributed by atoms with Crippen LogP contribution in [0.1, 0.15) is 91.9 Å². The van der Waals surface area contributed by atoms with E-state index in [1.807, 2.05) is 6.92 Å². The Morgan fingerprint density at radius 1 is 0.734 bits per heavy atom. The predicted octanol–water partition coefficient (Wildman–Crippen LogP) is -0.718. The van der Waals surface area contributed by atoms with Gasteiger partial charge in [0.05, 0.1) is 37.9 Å². The zero-order valence-corrected chi connectivity index (χ0v) is 37.4. The van der Waals surface area contributed by atoms with Gasteiger partial charge in [-0.05, 0) is 92.3 Å². The highest BCUT2D eigenvalue weighted by Crippen LogP contribution is 2.75. The van der Waals surface area contributed by atoms with Crippen LogP contribution in [0.3, 0.4) is 0 Å².